The van der Waals surface area contributed by atoms with Crippen LogP contribution in [0.2, 0.25) is 0 Å². The maximum absolute atomic E-state index is 11.5. The number of hydrogen-bond acceptors (Lipinski definition) is 9. The molecular formula is C13H14N2O10S3. The second kappa shape index (κ2) is 7.53. The lowest BCUT2D eigenvalue weighted by molar-refractivity contribution is 0.412. The Morgan fingerprint density at radius 1 is 0.714 bits per heavy atom. The molecule has 0 fully saturated rings. The van der Waals surface area contributed by atoms with Crippen molar-refractivity contribution in [2.75, 3.05) is 18.0 Å². The average molecular weight is 454 g/mol. The lowest BCUT2D eigenvalue weighted by Gasteiger charge is -2.15. The van der Waals surface area contributed by atoms with Crippen molar-refractivity contribution < 1.29 is 43.6 Å². The molecule has 0 spiro atoms. The van der Waals surface area contributed by atoms with E-state index >= 15 is 0 Å². The average Bonchev–Trinajstić information content (AvgIpc) is 2.57. The monoisotopic (exact) mass is 454 g/mol. The van der Waals surface area contributed by atoms with Crippen molar-refractivity contribution in [3.05, 3.63) is 36.4 Å². The molecule has 0 heterocycles. The Hall–Kier alpha value is -2.43. The predicted molar refractivity (Wildman–Crippen MR) is 96.1 cm³/mol. The molecule has 0 atom stereocenters. The molecule has 12 nitrogen and oxygen atoms in total. The summed E-state index contributed by atoms with van der Waals surface area (Å²) >= 11 is 0. The van der Waals surface area contributed by atoms with Crippen LogP contribution in [0.1, 0.15) is 0 Å². The molecule has 0 radical (unpaired) electrons. The van der Waals surface area contributed by atoms with E-state index in [0.29, 0.717) is 6.07 Å². The quantitative estimate of drug-likeness (QED) is 0.293. The minimum absolute atomic E-state index is 0.106. The van der Waals surface area contributed by atoms with Crippen LogP contribution in [0.15, 0.2) is 51.1 Å². The van der Waals surface area contributed by atoms with Gasteiger partial charge in [-0.2, -0.15) is 25.3 Å². The highest BCUT2D eigenvalue weighted by Gasteiger charge is 2.22. The molecule has 2 aromatic carbocycles. The van der Waals surface area contributed by atoms with Crippen molar-refractivity contribution in [2.45, 2.75) is 14.7 Å². The summed E-state index contributed by atoms with van der Waals surface area (Å²) in [7, 11) is -13.1. The SMILES string of the molecule is COc1ccc(NNc2ccc(S(=O)(=O)O)cc2S(=O)(=O)O)c(S(=O)(=O)O)c1. The number of benzene rings is 2. The summed E-state index contributed by atoms with van der Waals surface area (Å²) in [4.78, 5) is -2.33. The minimum atomic E-state index is -4.94. The van der Waals surface area contributed by atoms with Crippen molar-refractivity contribution in [1.82, 2.24) is 0 Å². The van der Waals surface area contributed by atoms with E-state index in [1.807, 2.05) is 0 Å². The molecule has 0 aromatic heterocycles. The minimum Gasteiger partial charge on any atom is -0.497 e. The molecule has 0 aliphatic heterocycles. The molecule has 28 heavy (non-hydrogen) atoms. The Labute approximate surface area is 160 Å². The lowest BCUT2D eigenvalue weighted by Crippen LogP contribution is -2.15. The first-order valence-corrected chi connectivity index (χ1v) is 11.3. The third-order valence-corrected chi connectivity index (χ3v) is 5.96. The van der Waals surface area contributed by atoms with Gasteiger partial charge < -0.3 is 4.74 Å². The standard InChI is InChI=1S/C13H14N2O10S3/c1-25-8-2-4-10(12(6-8)27(19,20)21)14-15-11-5-3-9(26(16,17)18)7-13(11)28(22,23)24/h2-7,14-15H,1H3,(H,16,17,18)(H,19,20,21)(H,22,23,24). The second-order valence-electron chi connectivity index (χ2n) is 5.20. The summed E-state index contributed by atoms with van der Waals surface area (Å²) < 4.78 is 101. The maximum Gasteiger partial charge on any atom is 0.296 e. The zero-order chi connectivity index (χ0) is 21.3. The first-order valence-electron chi connectivity index (χ1n) is 7.00. The van der Waals surface area contributed by atoms with E-state index in [0.717, 1.165) is 18.2 Å². The zero-order valence-corrected chi connectivity index (χ0v) is 16.3. The lowest BCUT2D eigenvalue weighted by atomic mass is 10.3. The number of rotatable bonds is 7. The van der Waals surface area contributed by atoms with E-state index < -0.39 is 45.0 Å². The van der Waals surface area contributed by atoms with Crippen molar-refractivity contribution in [1.29, 1.82) is 0 Å². The molecule has 15 heteroatoms. The molecule has 0 unspecified atom stereocenters. The second-order valence-corrected chi connectivity index (χ2v) is 9.40. The fourth-order valence-corrected chi connectivity index (χ4v) is 3.98. The van der Waals surface area contributed by atoms with Gasteiger partial charge in [-0.05, 0) is 30.3 Å². The van der Waals surface area contributed by atoms with Crippen molar-refractivity contribution in [2.24, 2.45) is 0 Å². The van der Waals surface area contributed by atoms with Crippen LogP contribution in [0, 0.1) is 0 Å². The van der Waals surface area contributed by atoms with Crippen LogP contribution in [-0.4, -0.2) is 46.0 Å². The van der Waals surface area contributed by atoms with E-state index in [1.54, 1.807) is 0 Å². The van der Waals surface area contributed by atoms with Gasteiger partial charge in [0.05, 0.1) is 23.4 Å². The molecule has 0 aliphatic carbocycles. The van der Waals surface area contributed by atoms with Crippen LogP contribution in [0.4, 0.5) is 11.4 Å². The van der Waals surface area contributed by atoms with Crippen LogP contribution >= 0.6 is 0 Å². The van der Waals surface area contributed by atoms with Crippen LogP contribution in [0.5, 0.6) is 5.75 Å². The predicted octanol–water partition coefficient (Wildman–Crippen LogP) is 0.874. The topological polar surface area (TPSA) is 196 Å². The summed E-state index contributed by atoms with van der Waals surface area (Å²) in [6.45, 7) is 0. The Kier molecular flexibility index (Phi) is 5.88. The first-order chi connectivity index (χ1) is 12.7. The molecule has 5 N–H and O–H groups in total. The molecule has 0 aliphatic rings. The molecule has 2 rings (SSSR count). The number of ether oxygens (including phenoxy) is 1. The number of hydrogen-bond donors (Lipinski definition) is 5. The van der Waals surface area contributed by atoms with E-state index in [1.165, 1.54) is 19.2 Å². The van der Waals surface area contributed by atoms with Gasteiger partial charge in [0, 0.05) is 6.07 Å². The molecule has 0 amide bonds. The van der Waals surface area contributed by atoms with E-state index in [9.17, 15) is 34.4 Å². The fraction of sp³-hybridized carbons (Fsp3) is 0.0769. The summed E-state index contributed by atoms with van der Waals surface area (Å²) in [6.07, 6.45) is 0. The van der Waals surface area contributed by atoms with Gasteiger partial charge in [0.1, 0.15) is 15.5 Å². The molecule has 2 aromatic rings. The van der Waals surface area contributed by atoms with E-state index in [2.05, 4.69) is 10.9 Å². The Bertz CT molecular complexity index is 1220. The van der Waals surface area contributed by atoms with Crippen LogP contribution in [0.25, 0.3) is 0 Å². The Morgan fingerprint density at radius 3 is 1.61 bits per heavy atom. The Balaban J connectivity index is 2.48. The first kappa shape index (κ1) is 21.9. The summed E-state index contributed by atoms with van der Waals surface area (Å²) in [5, 5.41) is 0. The van der Waals surface area contributed by atoms with Gasteiger partial charge in [0.15, 0.2) is 0 Å². The summed E-state index contributed by atoms with van der Waals surface area (Å²) in [5.74, 6) is 0.106. The largest absolute Gasteiger partial charge is 0.497 e. The van der Waals surface area contributed by atoms with Gasteiger partial charge in [-0.1, -0.05) is 0 Å². The van der Waals surface area contributed by atoms with Gasteiger partial charge in [-0.15, -0.1) is 0 Å². The normalized spacial score (nSPS) is 12.4. The maximum atomic E-state index is 11.5. The smallest absolute Gasteiger partial charge is 0.296 e. The fourth-order valence-electron chi connectivity index (χ4n) is 2.06. The van der Waals surface area contributed by atoms with Gasteiger partial charge in [0.25, 0.3) is 30.4 Å². The Morgan fingerprint density at radius 2 is 1.18 bits per heavy atom. The summed E-state index contributed by atoms with van der Waals surface area (Å²) in [5.41, 5.74) is 4.01. The van der Waals surface area contributed by atoms with Crippen LogP contribution in [-0.2, 0) is 30.4 Å². The van der Waals surface area contributed by atoms with Gasteiger partial charge in [0.2, 0.25) is 0 Å². The van der Waals surface area contributed by atoms with E-state index in [4.69, 9.17) is 9.29 Å². The van der Waals surface area contributed by atoms with Crippen molar-refractivity contribution >= 4 is 41.7 Å². The molecule has 154 valence electrons. The number of hydrazine groups is 1. The highest BCUT2D eigenvalue weighted by Crippen LogP contribution is 2.28. The number of methoxy groups -OCH3 is 1. The molecule has 0 saturated heterocycles. The molecule has 0 bridgehead atoms. The molecular weight excluding hydrogens is 440 g/mol. The van der Waals surface area contributed by atoms with Gasteiger partial charge in [-0.25, -0.2) is 0 Å². The highest BCUT2D eigenvalue weighted by molar-refractivity contribution is 7.87. The van der Waals surface area contributed by atoms with Crippen molar-refractivity contribution in [3.63, 3.8) is 0 Å². The number of anilines is 2. The molecule has 0 saturated carbocycles. The van der Waals surface area contributed by atoms with Crippen LogP contribution < -0.4 is 15.6 Å². The van der Waals surface area contributed by atoms with Crippen molar-refractivity contribution in [3.8, 4) is 5.75 Å². The number of nitrogens with one attached hydrogen (secondary N) is 2. The third-order valence-electron chi connectivity index (χ3n) is 3.33. The third kappa shape index (κ3) is 5.09. The zero-order valence-electron chi connectivity index (χ0n) is 13.9. The van der Waals surface area contributed by atoms with Gasteiger partial charge >= 0.3 is 0 Å². The van der Waals surface area contributed by atoms with Crippen LogP contribution in [0.3, 0.4) is 0 Å². The van der Waals surface area contributed by atoms with Gasteiger partial charge in [-0.3, -0.25) is 24.5 Å². The highest BCUT2D eigenvalue weighted by atomic mass is 32.2. The van der Waals surface area contributed by atoms with E-state index in [-0.39, 0.29) is 17.1 Å². The summed E-state index contributed by atoms with van der Waals surface area (Å²) in [6, 6.07) is 5.75.